The van der Waals surface area contributed by atoms with Crippen LogP contribution in [0, 0.1) is 18.3 Å². The van der Waals surface area contributed by atoms with E-state index >= 15 is 0 Å². The molecule has 1 fully saturated rings. The number of nitrogens with one attached hydrogen (secondary N) is 1. The van der Waals surface area contributed by atoms with E-state index in [4.69, 9.17) is 6.42 Å². The second-order valence-electron chi connectivity index (χ2n) is 5.74. The van der Waals surface area contributed by atoms with Gasteiger partial charge < -0.3 is 10.2 Å². The smallest absolute Gasteiger partial charge is 0.220 e. The largest absolute Gasteiger partial charge is 0.356 e. The summed E-state index contributed by atoms with van der Waals surface area (Å²) >= 11 is 0. The first-order valence-corrected chi connectivity index (χ1v) is 7.54. The van der Waals surface area contributed by atoms with Crippen LogP contribution in [-0.2, 0) is 4.79 Å². The number of carbonyl (C=O) groups excluding carboxylic acids is 1. The predicted octanol–water partition coefficient (Wildman–Crippen LogP) is 1.80. The van der Waals surface area contributed by atoms with Gasteiger partial charge in [0.1, 0.15) is 0 Å². The average Bonchev–Trinajstić information content (AvgIpc) is 3.09. The molecule has 1 amide bonds. The van der Waals surface area contributed by atoms with E-state index in [9.17, 15) is 4.79 Å². The lowest BCUT2D eigenvalue weighted by atomic mass is 10.0. The molecule has 0 saturated carbocycles. The second kappa shape index (κ2) is 6.85. The summed E-state index contributed by atoms with van der Waals surface area (Å²) in [6.07, 6.45) is 9.04. The Hall–Kier alpha value is -1.41. The monoisotopic (exact) mass is 276 g/mol. The van der Waals surface area contributed by atoms with Crippen LogP contribution in [0.4, 0.5) is 0 Å². The molecule has 1 saturated heterocycles. The van der Waals surface area contributed by atoms with Gasteiger partial charge >= 0.3 is 0 Å². The van der Waals surface area contributed by atoms with Crippen molar-refractivity contribution in [3.05, 3.63) is 0 Å². The number of rotatable bonds is 8. The Balaban J connectivity index is 1.58. The van der Waals surface area contributed by atoms with E-state index in [2.05, 4.69) is 33.3 Å². The quantitative estimate of drug-likeness (QED) is 0.687. The highest BCUT2D eigenvalue weighted by Gasteiger charge is 2.39. The fraction of sp³-hybridized carbons (Fsp3) is 0.800. The van der Waals surface area contributed by atoms with E-state index in [0.717, 1.165) is 32.6 Å². The van der Waals surface area contributed by atoms with E-state index in [-0.39, 0.29) is 11.6 Å². The number of carbonyl (C=O) groups is 1. The molecular weight excluding hydrogens is 252 g/mol. The van der Waals surface area contributed by atoms with Crippen molar-refractivity contribution < 1.29 is 4.79 Å². The van der Waals surface area contributed by atoms with Crippen LogP contribution < -0.4 is 5.32 Å². The van der Waals surface area contributed by atoms with Crippen molar-refractivity contribution in [2.45, 2.75) is 44.7 Å². The Morgan fingerprint density at radius 1 is 1.50 bits per heavy atom. The molecule has 110 valence electrons. The van der Waals surface area contributed by atoms with Gasteiger partial charge in [0.2, 0.25) is 5.91 Å². The number of hydrogen-bond donors (Lipinski definition) is 1. The summed E-state index contributed by atoms with van der Waals surface area (Å²) in [5.74, 6) is 3.31. The number of terminal acetylenes is 1. The molecule has 2 heterocycles. The summed E-state index contributed by atoms with van der Waals surface area (Å²) in [5.41, 5.74) is -0.337. The Morgan fingerprint density at radius 2 is 2.30 bits per heavy atom. The van der Waals surface area contributed by atoms with Gasteiger partial charge in [-0.25, -0.2) is 0 Å². The van der Waals surface area contributed by atoms with Crippen LogP contribution in [0.2, 0.25) is 0 Å². The molecule has 1 atom stereocenters. The Morgan fingerprint density at radius 3 is 2.90 bits per heavy atom. The lowest BCUT2D eigenvalue weighted by Gasteiger charge is -2.14. The number of nitrogens with zero attached hydrogens (tertiary/aromatic N) is 3. The van der Waals surface area contributed by atoms with E-state index < -0.39 is 0 Å². The minimum absolute atomic E-state index is 0.109. The van der Waals surface area contributed by atoms with E-state index in [1.807, 2.05) is 0 Å². The van der Waals surface area contributed by atoms with Crippen molar-refractivity contribution in [1.82, 2.24) is 10.2 Å². The molecule has 0 bridgehead atoms. The first-order valence-electron chi connectivity index (χ1n) is 7.54. The summed E-state index contributed by atoms with van der Waals surface area (Å²) < 4.78 is 0. The predicted molar refractivity (Wildman–Crippen MR) is 78.1 cm³/mol. The zero-order valence-electron chi connectivity index (χ0n) is 12.3. The molecule has 0 radical (unpaired) electrons. The molecular formula is C15H24N4O. The molecule has 0 aromatic carbocycles. The average molecular weight is 276 g/mol. The SMILES string of the molecule is C#CCCC1(CCC(=O)NCC2CCN(CC)C2)N=N1. The lowest BCUT2D eigenvalue weighted by Crippen LogP contribution is -2.31. The van der Waals surface area contributed by atoms with Gasteiger partial charge in [-0.1, -0.05) is 6.92 Å². The highest BCUT2D eigenvalue weighted by molar-refractivity contribution is 5.76. The van der Waals surface area contributed by atoms with Crippen molar-refractivity contribution in [3.8, 4) is 12.3 Å². The van der Waals surface area contributed by atoms with Gasteiger partial charge in [-0.15, -0.1) is 12.3 Å². The lowest BCUT2D eigenvalue weighted by molar-refractivity contribution is -0.121. The standard InChI is InChI=1S/C15H24N4O/c1-3-5-8-15(17-18-15)9-6-14(20)16-11-13-7-10-19(4-2)12-13/h1,13H,4-12H2,2H3,(H,16,20). The molecule has 2 aliphatic heterocycles. The molecule has 1 N–H and O–H groups in total. The molecule has 0 spiro atoms. The Kier molecular flexibility index (Phi) is 5.13. The molecule has 5 heteroatoms. The zero-order valence-corrected chi connectivity index (χ0v) is 12.3. The van der Waals surface area contributed by atoms with Gasteiger partial charge in [-0.3, -0.25) is 4.79 Å². The van der Waals surface area contributed by atoms with Crippen molar-refractivity contribution in [2.75, 3.05) is 26.2 Å². The first-order chi connectivity index (χ1) is 9.67. The molecule has 0 aromatic heterocycles. The minimum Gasteiger partial charge on any atom is -0.356 e. The van der Waals surface area contributed by atoms with E-state index in [1.54, 1.807) is 0 Å². The van der Waals surface area contributed by atoms with Gasteiger partial charge in [-0.2, -0.15) is 10.2 Å². The Bertz CT molecular complexity index is 407. The maximum Gasteiger partial charge on any atom is 0.220 e. The van der Waals surface area contributed by atoms with Crippen LogP contribution in [0.3, 0.4) is 0 Å². The third-order valence-corrected chi connectivity index (χ3v) is 4.21. The third kappa shape index (κ3) is 4.31. The van der Waals surface area contributed by atoms with Crippen molar-refractivity contribution in [3.63, 3.8) is 0 Å². The van der Waals surface area contributed by atoms with Gasteiger partial charge in [0.15, 0.2) is 5.66 Å². The van der Waals surface area contributed by atoms with Crippen LogP contribution >= 0.6 is 0 Å². The first kappa shape index (κ1) is 15.0. The maximum absolute atomic E-state index is 11.9. The second-order valence-corrected chi connectivity index (χ2v) is 5.74. The van der Waals surface area contributed by atoms with Gasteiger partial charge in [0.05, 0.1) is 0 Å². The summed E-state index contributed by atoms with van der Waals surface area (Å²) in [6.45, 7) is 6.34. The summed E-state index contributed by atoms with van der Waals surface area (Å²) in [4.78, 5) is 14.3. The van der Waals surface area contributed by atoms with Crippen molar-refractivity contribution in [1.29, 1.82) is 0 Å². The number of amides is 1. The van der Waals surface area contributed by atoms with Gasteiger partial charge in [0, 0.05) is 38.8 Å². The molecule has 0 aliphatic carbocycles. The topological polar surface area (TPSA) is 57.1 Å². The minimum atomic E-state index is -0.337. The Labute approximate surface area is 121 Å². The van der Waals surface area contributed by atoms with Crippen LogP contribution in [0.25, 0.3) is 0 Å². The summed E-state index contributed by atoms with van der Waals surface area (Å²) in [7, 11) is 0. The number of hydrogen-bond acceptors (Lipinski definition) is 4. The fourth-order valence-corrected chi connectivity index (χ4v) is 2.70. The van der Waals surface area contributed by atoms with Crippen LogP contribution in [0.5, 0.6) is 0 Å². The summed E-state index contributed by atoms with van der Waals surface area (Å²) in [5, 5.41) is 11.1. The highest BCUT2D eigenvalue weighted by Crippen LogP contribution is 2.37. The van der Waals surface area contributed by atoms with Crippen LogP contribution in [0.15, 0.2) is 10.2 Å². The van der Waals surface area contributed by atoms with Gasteiger partial charge in [-0.05, 0) is 25.4 Å². The molecule has 1 unspecified atom stereocenters. The maximum atomic E-state index is 11.9. The van der Waals surface area contributed by atoms with E-state index in [1.165, 1.54) is 6.42 Å². The third-order valence-electron chi connectivity index (χ3n) is 4.21. The molecule has 5 nitrogen and oxygen atoms in total. The van der Waals surface area contributed by atoms with Gasteiger partial charge in [0.25, 0.3) is 0 Å². The van der Waals surface area contributed by atoms with Crippen LogP contribution in [0.1, 0.15) is 39.0 Å². The fourth-order valence-electron chi connectivity index (χ4n) is 2.70. The summed E-state index contributed by atoms with van der Waals surface area (Å²) in [6, 6.07) is 0. The highest BCUT2D eigenvalue weighted by atomic mass is 16.1. The molecule has 2 aliphatic rings. The normalized spacial score (nSPS) is 23.5. The van der Waals surface area contributed by atoms with Crippen molar-refractivity contribution >= 4 is 5.91 Å². The van der Waals surface area contributed by atoms with Crippen LogP contribution in [-0.4, -0.2) is 42.6 Å². The number of likely N-dealkylation sites (tertiary alicyclic amines) is 1. The molecule has 2 rings (SSSR count). The van der Waals surface area contributed by atoms with Crippen molar-refractivity contribution in [2.24, 2.45) is 16.1 Å². The molecule has 0 aromatic rings. The van der Waals surface area contributed by atoms with E-state index in [0.29, 0.717) is 25.2 Å². The molecule has 20 heavy (non-hydrogen) atoms. The zero-order chi connectivity index (χ0) is 14.4.